The topological polar surface area (TPSA) is 70.9 Å². The third-order valence-corrected chi connectivity index (χ3v) is 5.15. The van der Waals surface area contributed by atoms with E-state index in [-0.39, 0.29) is 5.82 Å². The van der Waals surface area contributed by atoms with Gasteiger partial charge in [0.15, 0.2) is 11.5 Å². The second kappa shape index (κ2) is 5.27. The first kappa shape index (κ1) is 15.3. The van der Waals surface area contributed by atoms with E-state index < -0.39 is 0 Å². The maximum atomic E-state index is 14.4. The summed E-state index contributed by atoms with van der Waals surface area (Å²) in [5.74, 6) is 0.271. The van der Waals surface area contributed by atoms with Crippen molar-refractivity contribution in [3.05, 3.63) is 42.4 Å². The van der Waals surface area contributed by atoms with Gasteiger partial charge in [-0.2, -0.15) is 4.98 Å². The van der Waals surface area contributed by atoms with Crippen molar-refractivity contribution in [3.63, 3.8) is 0 Å². The Labute approximate surface area is 149 Å². The van der Waals surface area contributed by atoms with Gasteiger partial charge in [-0.05, 0) is 31.2 Å². The summed E-state index contributed by atoms with van der Waals surface area (Å²) in [7, 11) is 0. The smallest absolute Gasteiger partial charge is 0.224 e. The molecule has 0 amide bonds. The summed E-state index contributed by atoms with van der Waals surface area (Å²) in [5.41, 5.74) is 3.86. The van der Waals surface area contributed by atoms with Crippen molar-refractivity contribution in [1.82, 2.24) is 24.3 Å². The SMILES string of the molecule is Cc1cn2cc(-c3c[nH]c4nc(NCC5(C)CC5)ncc34)cc(F)c2n1. The van der Waals surface area contributed by atoms with Gasteiger partial charge in [0, 0.05) is 47.8 Å². The molecule has 0 saturated heterocycles. The summed E-state index contributed by atoms with van der Waals surface area (Å²) in [4.78, 5) is 16.4. The predicted octanol–water partition coefficient (Wildman–Crippen LogP) is 3.93. The molecule has 132 valence electrons. The van der Waals surface area contributed by atoms with Crippen molar-refractivity contribution in [1.29, 1.82) is 0 Å². The van der Waals surface area contributed by atoms with Gasteiger partial charge >= 0.3 is 0 Å². The van der Waals surface area contributed by atoms with Crippen LogP contribution in [0.5, 0.6) is 0 Å². The molecule has 4 aromatic rings. The fourth-order valence-electron chi connectivity index (χ4n) is 3.24. The van der Waals surface area contributed by atoms with Crippen molar-refractivity contribution >= 4 is 22.6 Å². The van der Waals surface area contributed by atoms with Crippen molar-refractivity contribution in [2.45, 2.75) is 26.7 Å². The van der Waals surface area contributed by atoms with Gasteiger partial charge in [-0.25, -0.2) is 14.4 Å². The Kier molecular flexibility index (Phi) is 3.10. The van der Waals surface area contributed by atoms with Crippen LogP contribution in [0.3, 0.4) is 0 Å². The molecular formula is C19H19FN6. The Morgan fingerprint density at radius 3 is 2.96 bits per heavy atom. The quantitative estimate of drug-likeness (QED) is 0.585. The highest BCUT2D eigenvalue weighted by molar-refractivity contribution is 5.93. The van der Waals surface area contributed by atoms with E-state index in [1.807, 2.05) is 25.5 Å². The Morgan fingerprint density at radius 2 is 2.15 bits per heavy atom. The number of nitrogens with zero attached hydrogens (tertiary/aromatic N) is 4. The van der Waals surface area contributed by atoms with Crippen molar-refractivity contribution < 1.29 is 4.39 Å². The molecule has 0 aromatic carbocycles. The van der Waals surface area contributed by atoms with Gasteiger partial charge in [-0.15, -0.1) is 0 Å². The third-order valence-electron chi connectivity index (χ3n) is 5.15. The second-order valence-electron chi connectivity index (χ2n) is 7.51. The summed E-state index contributed by atoms with van der Waals surface area (Å²) in [6.45, 7) is 4.99. The lowest BCUT2D eigenvalue weighted by Gasteiger charge is -2.09. The van der Waals surface area contributed by atoms with Gasteiger partial charge in [0.25, 0.3) is 0 Å². The van der Waals surface area contributed by atoms with Crippen molar-refractivity contribution in [2.75, 3.05) is 11.9 Å². The lowest BCUT2D eigenvalue weighted by molar-refractivity contribution is 0.608. The molecule has 4 heterocycles. The van der Waals surface area contributed by atoms with Gasteiger partial charge < -0.3 is 14.7 Å². The standard InChI is InChI=1S/C19H19FN6/c1-11-8-26-9-12(5-15(20)17(26)24-11)13-6-21-16-14(13)7-22-18(25-16)23-10-19(2)3-4-19/h5-9H,3-4,10H2,1-2H3,(H2,21,22,23,25). The van der Waals surface area contributed by atoms with Gasteiger partial charge in [-0.1, -0.05) is 6.92 Å². The summed E-state index contributed by atoms with van der Waals surface area (Å²) >= 11 is 0. The molecule has 1 aliphatic rings. The molecule has 1 saturated carbocycles. The average Bonchev–Trinajstić information content (AvgIpc) is 3.04. The number of hydrogen-bond donors (Lipinski definition) is 2. The van der Waals surface area contributed by atoms with Crippen LogP contribution in [-0.4, -0.2) is 30.9 Å². The molecule has 0 atom stereocenters. The van der Waals surface area contributed by atoms with Crippen LogP contribution in [0.4, 0.5) is 10.3 Å². The number of hydrogen-bond acceptors (Lipinski definition) is 4. The molecule has 0 aliphatic heterocycles. The highest BCUT2D eigenvalue weighted by atomic mass is 19.1. The van der Waals surface area contributed by atoms with E-state index in [2.05, 4.69) is 32.2 Å². The molecule has 7 heteroatoms. The zero-order valence-electron chi connectivity index (χ0n) is 14.7. The van der Waals surface area contributed by atoms with Crippen molar-refractivity contribution in [3.8, 4) is 11.1 Å². The van der Waals surface area contributed by atoms with E-state index >= 15 is 0 Å². The van der Waals surface area contributed by atoms with E-state index in [0.29, 0.717) is 17.0 Å². The number of aromatic nitrogens is 5. The second-order valence-corrected chi connectivity index (χ2v) is 7.51. The van der Waals surface area contributed by atoms with Crippen LogP contribution in [0.25, 0.3) is 27.8 Å². The minimum Gasteiger partial charge on any atom is -0.354 e. The van der Waals surface area contributed by atoms with Gasteiger partial charge in [0.05, 0.1) is 5.69 Å². The van der Waals surface area contributed by atoms with E-state index in [9.17, 15) is 4.39 Å². The first-order chi connectivity index (χ1) is 12.5. The fourth-order valence-corrected chi connectivity index (χ4v) is 3.24. The van der Waals surface area contributed by atoms with E-state index in [1.165, 1.54) is 18.9 Å². The van der Waals surface area contributed by atoms with E-state index in [0.717, 1.165) is 34.4 Å². The van der Waals surface area contributed by atoms with Gasteiger partial charge in [0.1, 0.15) is 5.65 Å². The van der Waals surface area contributed by atoms with Gasteiger partial charge in [-0.3, -0.25) is 0 Å². The van der Waals surface area contributed by atoms with Crippen LogP contribution in [-0.2, 0) is 0 Å². The average molecular weight is 350 g/mol. The summed E-state index contributed by atoms with van der Waals surface area (Å²) in [6.07, 6.45) is 9.81. The zero-order chi connectivity index (χ0) is 17.9. The monoisotopic (exact) mass is 350 g/mol. The molecule has 0 bridgehead atoms. The highest BCUT2D eigenvalue weighted by Crippen LogP contribution is 2.44. The first-order valence-electron chi connectivity index (χ1n) is 8.74. The van der Waals surface area contributed by atoms with Crippen LogP contribution >= 0.6 is 0 Å². The number of anilines is 1. The molecule has 2 N–H and O–H groups in total. The van der Waals surface area contributed by atoms with Crippen LogP contribution in [0.1, 0.15) is 25.5 Å². The number of H-pyrrole nitrogens is 1. The van der Waals surface area contributed by atoms with E-state index in [1.54, 1.807) is 10.6 Å². The Bertz CT molecular complexity index is 1140. The molecule has 1 fully saturated rings. The Balaban J connectivity index is 1.53. The molecule has 6 nitrogen and oxygen atoms in total. The maximum absolute atomic E-state index is 14.4. The van der Waals surface area contributed by atoms with Crippen LogP contribution in [0, 0.1) is 18.2 Å². The van der Waals surface area contributed by atoms with Crippen LogP contribution in [0.15, 0.2) is 30.9 Å². The molecule has 0 spiro atoms. The fraction of sp³-hybridized carbons (Fsp3) is 0.316. The Hall–Kier alpha value is -2.96. The van der Waals surface area contributed by atoms with Crippen molar-refractivity contribution in [2.24, 2.45) is 5.41 Å². The molecule has 0 radical (unpaired) electrons. The normalized spacial score (nSPS) is 15.7. The zero-order valence-corrected chi connectivity index (χ0v) is 14.7. The highest BCUT2D eigenvalue weighted by Gasteiger charge is 2.36. The lowest BCUT2D eigenvalue weighted by atomic mass is 10.1. The number of nitrogens with one attached hydrogen (secondary N) is 2. The number of pyridine rings is 1. The summed E-state index contributed by atoms with van der Waals surface area (Å²) < 4.78 is 16.1. The number of halogens is 1. The van der Waals surface area contributed by atoms with Crippen LogP contribution in [0.2, 0.25) is 0 Å². The number of aryl methyl sites for hydroxylation is 1. The van der Waals surface area contributed by atoms with Gasteiger partial charge in [0.2, 0.25) is 5.95 Å². The molecule has 5 rings (SSSR count). The minimum atomic E-state index is -0.346. The number of fused-ring (bicyclic) bond motifs is 2. The summed E-state index contributed by atoms with van der Waals surface area (Å²) in [6, 6.07) is 1.50. The third kappa shape index (κ3) is 2.51. The predicted molar refractivity (Wildman–Crippen MR) is 98.6 cm³/mol. The van der Waals surface area contributed by atoms with E-state index in [4.69, 9.17) is 0 Å². The van der Waals surface area contributed by atoms with Crippen LogP contribution < -0.4 is 5.32 Å². The molecule has 1 aliphatic carbocycles. The number of rotatable bonds is 4. The minimum absolute atomic E-state index is 0.336. The Morgan fingerprint density at radius 1 is 1.31 bits per heavy atom. The molecular weight excluding hydrogens is 331 g/mol. The largest absolute Gasteiger partial charge is 0.354 e. The number of imidazole rings is 1. The molecule has 26 heavy (non-hydrogen) atoms. The lowest BCUT2D eigenvalue weighted by Crippen LogP contribution is -2.13. The maximum Gasteiger partial charge on any atom is 0.224 e. The molecule has 0 unspecified atom stereocenters. The molecule has 4 aromatic heterocycles. The number of aromatic amines is 1. The first-order valence-corrected chi connectivity index (χ1v) is 8.74. The summed E-state index contributed by atoms with van der Waals surface area (Å²) in [5, 5.41) is 4.17.